The van der Waals surface area contributed by atoms with Crippen LogP contribution in [0.1, 0.15) is 65.3 Å². The van der Waals surface area contributed by atoms with E-state index in [9.17, 15) is 24.0 Å². The number of para-hydroxylation sites is 1. The number of piperazine rings is 1. The highest BCUT2D eigenvalue weighted by molar-refractivity contribution is 6.23. The Morgan fingerprint density at radius 1 is 0.831 bits per heavy atom. The minimum Gasteiger partial charge on any atom is -0.457 e. The van der Waals surface area contributed by atoms with Crippen LogP contribution in [0.5, 0.6) is 11.5 Å². The number of nitrogens with one attached hydrogen (secondary N) is 2. The molecule has 4 N–H and O–H groups in total. The van der Waals surface area contributed by atoms with Gasteiger partial charge in [-0.2, -0.15) is 5.10 Å². The lowest BCUT2D eigenvalue weighted by Crippen LogP contribution is -2.54. The van der Waals surface area contributed by atoms with Crippen LogP contribution < -0.4 is 26.0 Å². The molecule has 3 fully saturated rings. The molecule has 1 aliphatic carbocycles. The maximum atomic E-state index is 13.3. The quantitative estimate of drug-likeness (QED) is 0.173. The first-order valence-corrected chi connectivity index (χ1v) is 20.1. The molecule has 0 bridgehead atoms. The van der Waals surface area contributed by atoms with E-state index in [1.165, 1.54) is 6.33 Å². The molecule has 2 aromatic heterocycles. The number of hydrogen-bond acceptors (Lipinski definition) is 12. The number of nitrogens with two attached hydrogens (primary N) is 1. The molecular formula is C43H44N10O6. The molecule has 0 spiro atoms. The lowest BCUT2D eigenvalue weighted by Gasteiger charge is -2.36. The zero-order valence-electron chi connectivity index (χ0n) is 32.4. The van der Waals surface area contributed by atoms with Crippen LogP contribution in [0.3, 0.4) is 0 Å². The molecule has 1 saturated carbocycles. The average Bonchev–Trinajstić information content (AvgIpc) is 3.77. The Morgan fingerprint density at radius 3 is 2.31 bits per heavy atom. The molecule has 5 aromatic rings. The maximum Gasteiger partial charge on any atom is 0.262 e. The number of carbonyl (C=O) groups excluding carboxylic acids is 5. The topological polar surface area (TPSA) is 198 Å². The minimum absolute atomic E-state index is 0.0649. The van der Waals surface area contributed by atoms with Crippen molar-refractivity contribution in [3.05, 3.63) is 90.3 Å². The van der Waals surface area contributed by atoms with Crippen LogP contribution in [-0.4, -0.2) is 104 Å². The fraction of sp³-hybridized carbons (Fsp3) is 0.349. The summed E-state index contributed by atoms with van der Waals surface area (Å²) in [4.78, 5) is 78.1. The molecule has 0 radical (unpaired) electrons. The molecular weight excluding hydrogens is 753 g/mol. The van der Waals surface area contributed by atoms with Gasteiger partial charge in [0.1, 0.15) is 35.4 Å². The summed E-state index contributed by atoms with van der Waals surface area (Å²) in [6, 6.07) is 21.6. The predicted molar refractivity (Wildman–Crippen MR) is 217 cm³/mol. The number of amides is 5. The van der Waals surface area contributed by atoms with Crippen molar-refractivity contribution in [3.63, 3.8) is 0 Å². The van der Waals surface area contributed by atoms with E-state index in [0.717, 1.165) is 67.2 Å². The van der Waals surface area contributed by atoms with Crippen molar-refractivity contribution in [2.24, 2.45) is 5.92 Å². The number of piperidine rings is 1. The van der Waals surface area contributed by atoms with Crippen molar-refractivity contribution in [2.45, 2.75) is 50.6 Å². The molecule has 302 valence electrons. The fourth-order valence-corrected chi connectivity index (χ4v) is 8.71. The molecule has 16 heteroatoms. The van der Waals surface area contributed by atoms with E-state index in [1.54, 1.807) is 12.1 Å². The summed E-state index contributed by atoms with van der Waals surface area (Å²) < 4.78 is 7.94. The number of ether oxygens (including phenoxy) is 1. The van der Waals surface area contributed by atoms with Gasteiger partial charge in [-0.1, -0.05) is 18.2 Å². The molecule has 5 heterocycles. The summed E-state index contributed by atoms with van der Waals surface area (Å²) in [5.41, 5.74) is 10.0. The second-order valence-corrected chi connectivity index (χ2v) is 15.5. The Labute approximate surface area is 339 Å². The number of benzene rings is 3. The molecule has 1 atom stereocenters. The van der Waals surface area contributed by atoms with Crippen LogP contribution in [0.4, 0.5) is 11.5 Å². The maximum absolute atomic E-state index is 13.3. The smallest absolute Gasteiger partial charge is 0.262 e. The number of rotatable bonds is 10. The Bertz CT molecular complexity index is 2440. The van der Waals surface area contributed by atoms with Crippen LogP contribution in [0.2, 0.25) is 0 Å². The third kappa shape index (κ3) is 7.46. The summed E-state index contributed by atoms with van der Waals surface area (Å²) in [6.45, 7) is 4.23. The lowest BCUT2D eigenvalue weighted by atomic mass is 9.85. The van der Waals surface area contributed by atoms with Gasteiger partial charge in [0.05, 0.1) is 22.6 Å². The van der Waals surface area contributed by atoms with Crippen molar-refractivity contribution >= 4 is 52.1 Å². The summed E-state index contributed by atoms with van der Waals surface area (Å²) in [5.74, 6) is -0.233. The number of carbonyl (C=O) groups is 5. The number of nitrogens with zero attached hydrogens (tertiary/aromatic N) is 7. The van der Waals surface area contributed by atoms with Gasteiger partial charge in [-0.15, -0.1) is 0 Å². The monoisotopic (exact) mass is 796 g/mol. The Balaban J connectivity index is 0.754. The van der Waals surface area contributed by atoms with Crippen LogP contribution in [-0.2, 0) is 14.4 Å². The van der Waals surface area contributed by atoms with E-state index < -0.39 is 29.7 Å². The molecule has 16 nitrogen and oxygen atoms in total. The fourth-order valence-electron chi connectivity index (χ4n) is 8.71. The van der Waals surface area contributed by atoms with E-state index >= 15 is 0 Å². The van der Waals surface area contributed by atoms with Crippen molar-refractivity contribution in [1.29, 1.82) is 0 Å². The van der Waals surface area contributed by atoms with Crippen molar-refractivity contribution in [2.75, 3.05) is 49.9 Å². The van der Waals surface area contributed by atoms with E-state index in [1.807, 2.05) is 65.3 Å². The van der Waals surface area contributed by atoms with E-state index in [0.29, 0.717) is 47.9 Å². The average molecular weight is 797 g/mol. The number of hydrogen-bond donors (Lipinski definition) is 3. The van der Waals surface area contributed by atoms with E-state index in [2.05, 4.69) is 30.4 Å². The molecule has 4 aliphatic rings. The first kappa shape index (κ1) is 37.9. The van der Waals surface area contributed by atoms with Gasteiger partial charge in [0.15, 0.2) is 5.65 Å². The molecule has 3 aromatic carbocycles. The zero-order valence-corrected chi connectivity index (χ0v) is 32.4. The van der Waals surface area contributed by atoms with Crippen LogP contribution in [0, 0.1) is 5.92 Å². The standard InChI is InChI=1S/C43H44N10O6/c44-38-36-37(26-8-13-31(14-9-26)59-30-4-2-1-3-5-30)49-53(39(36)47-25-46-38)28-10-6-27(7-11-28)40(55)45-18-19-50-20-22-51(23-21-50)29-12-15-32-33(24-29)43(58)52(42(32)57)34-16-17-35(54)48-41(34)56/h1-5,8-9,12-15,24-25,27-28,34H,6-7,10-11,16-23H2,(H,45,55)(H2,44,46,47)(H,48,54,56). The minimum atomic E-state index is -0.993. The van der Waals surface area contributed by atoms with Gasteiger partial charge in [0, 0.05) is 62.9 Å². The van der Waals surface area contributed by atoms with Crippen LogP contribution >= 0.6 is 0 Å². The van der Waals surface area contributed by atoms with Gasteiger partial charge in [-0.25, -0.2) is 14.6 Å². The Morgan fingerprint density at radius 2 is 1.56 bits per heavy atom. The number of imide groups is 2. The van der Waals surface area contributed by atoms with Crippen LogP contribution in [0.15, 0.2) is 79.1 Å². The number of aromatic nitrogens is 4. The molecule has 3 aliphatic heterocycles. The first-order valence-electron chi connectivity index (χ1n) is 20.1. The second kappa shape index (κ2) is 15.9. The first-order chi connectivity index (χ1) is 28.7. The van der Waals surface area contributed by atoms with Gasteiger partial charge >= 0.3 is 0 Å². The molecule has 5 amide bonds. The SMILES string of the molecule is Nc1ncnc2c1c(-c1ccc(Oc3ccccc3)cc1)nn2C1CCC(C(=O)NCCN2CCN(c3ccc4c(c3)C(=O)N(C3CCC(=O)NC3=O)C4=O)CC2)CC1. The summed E-state index contributed by atoms with van der Waals surface area (Å²) >= 11 is 0. The molecule has 9 rings (SSSR count). The summed E-state index contributed by atoms with van der Waals surface area (Å²) in [5, 5.41) is 11.1. The zero-order chi connectivity index (χ0) is 40.6. The van der Waals surface area contributed by atoms with Gasteiger partial charge < -0.3 is 20.7 Å². The summed E-state index contributed by atoms with van der Waals surface area (Å²) in [6.07, 6.45) is 4.69. The number of nitrogen functional groups attached to an aromatic ring is 1. The highest BCUT2D eigenvalue weighted by Gasteiger charge is 2.45. The van der Waals surface area contributed by atoms with Crippen molar-refractivity contribution in [3.8, 4) is 22.8 Å². The second-order valence-electron chi connectivity index (χ2n) is 15.5. The molecule has 1 unspecified atom stereocenters. The van der Waals surface area contributed by atoms with Crippen molar-refractivity contribution < 1.29 is 28.7 Å². The number of anilines is 2. The Hall–Kier alpha value is -6.68. The summed E-state index contributed by atoms with van der Waals surface area (Å²) in [7, 11) is 0. The Kier molecular flexibility index (Phi) is 10.2. The molecule has 59 heavy (non-hydrogen) atoms. The highest BCUT2D eigenvalue weighted by atomic mass is 16.5. The van der Waals surface area contributed by atoms with E-state index in [4.69, 9.17) is 15.6 Å². The van der Waals surface area contributed by atoms with Gasteiger partial charge in [-0.3, -0.25) is 39.1 Å². The normalized spacial score (nSPS) is 21.1. The lowest BCUT2D eigenvalue weighted by molar-refractivity contribution is -0.136. The van der Waals surface area contributed by atoms with Gasteiger partial charge in [0.25, 0.3) is 11.8 Å². The highest BCUT2D eigenvalue weighted by Crippen LogP contribution is 2.38. The predicted octanol–water partition coefficient (Wildman–Crippen LogP) is 3.94. The van der Waals surface area contributed by atoms with Gasteiger partial charge in [-0.05, 0) is 86.7 Å². The number of fused-ring (bicyclic) bond motifs is 2. The van der Waals surface area contributed by atoms with Crippen LogP contribution in [0.25, 0.3) is 22.3 Å². The third-order valence-electron chi connectivity index (χ3n) is 11.9. The van der Waals surface area contributed by atoms with Gasteiger partial charge in [0.2, 0.25) is 17.7 Å². The van der Waals surface area contributed by atoms with E-state index in [-0.39, 0.29) is 41.8 Å². The molecule has 2 saturated heterocycles. The largest absolute Gasteiger partial charge is 0.457 e. The third-order valence-corrected chi connectivity index (χ3v) is 11.9. The van der Waals surface area contributed by atoms with Crippen molar-refractivity contribution in [1.82, 2.24) is 40.2 Å².